The van der Waals surface area contributed by atoms with E-state index in [2.05, 4.69) is 83.1 Å². The quantitative estimate of drug-likeness (QED) is 0.247. The molecule has 30 heavy (non-hydrogen) atoms. The standard InChI is InChI=1S/C21H25N2O.CH4O4S/c1-4-5-16-24-21-19(17-12-8-6-9-13-17)22(2)23(3)20(21)18-14-10-7-11-15-18;1-5-6(2,3)4/h6-15H,4-5,16H2,1-3H3;1H3,(H,2,3,4)/q+1;/p-1. The van der Waals surface area contributed by atoms with E-state index in [1.54, 1.807) is 0 Å². The lowest BCUT2D eigenvalue weighted by Gasteiger charge is -2.06. The zero-order valence-corrected chi connectivity index (χ0v) is 18.6. The molecule has 1 heterocycles. The largest absolute Gasteiger partial charge is 0.726 e. The maximum Gasteiger partial charge on any atom is 0.280 e. The second-order valence-corrected chi connectivity index (χ2v) is 7.73. The highest BCUT2D eigenvalue weighted by molar-refractivity contribution is 7.80. The minimum absolute atomic E-state index is 0.736. The molecule has 1 aromatic heterocycles. The SMILES string of the molecule is CCCCOc1c(-c2ccccc2)n(C)[n+](C)c1-c1ccccc1.COS(=O)(=O)[O-]. The van der Waals surface area contributed by atoms with Crippen molar-refractivity contribution in [3.05, 3.63) is 60.7 Å². The lowest BCUT2D eigenvalue weighted by Crippen LogP contribution is -2.39. The van der Waals surface area contributed by atoms with Gasteiger partial charge in [-0.05, 0) is 18.6 Å². The van der Waals surface area contributed by atoms with E-state index >= 15 is 0 Å². The van der Waals surface area contributed by atoms with Gasteiger partial charge in [0, 0.05) is 5.56 Å². The third kappa shape index (κ3) is 6.16. The molecule has 0 atom stereocenters. The summed E-state index contributed by atoms with van der Waals surface area (Å²) in [6.45, 7) is 2.92. The molecule has 0 unspecified atom stereocenters. The number of benzene rings is 2. The van der Waals surface area contributed by atoms with Crippen LogP contribution in [0.1, 0.15) is 19.8 Å². The van der Waals surface area contributed by atoms with Crippen molar-refractivity contribution in [3.63, 3.8) is 0 Å². The zero-order valence-electron chi connectivity index (χ0n) is 17.7. The molecule has 0 aliphatic carbocycles. The average molecular weight is 433 g/mol. The molecule has 3 rings (SSSR count). The fourth-order valence-corrected chi connectivity index (χ4v) is 2.99. The van der Waals surface area contributed by atoms with Gasteiger partial charge in [-0.15, -0.1) is 4.68 Å². The molecule has 0 aliphatic heterocycles. The summed E-state index contributed by atoms with van der Waals surface area (Å²) >= 11 is 0. The predicted octanol–water partition coefficient (Wildman–Crippen LogP) is 3.46. The number of hydrogen-bond acceptors (Lipinski definition) is 5. The summed E-state index contributed by atoms with van der Waals surface area (Å²) in [5.41, 5.74) is 4.58. The van der Waals surface area contributed by atoms with E-state index in [-0.39, 0.29) is 0 Å². The molecule has 0 radical (unpaired) electrons. The molecule has 0 fully saturated rings. The maximum atomic E-state index is 9.22. The number of ether oxygens (including phenoxy) is 1. The van der Waals surface area contributed by atoms with Crippen LogP contribution in [0.4, 0.5) is 0 Å². The van der Waals surface area contributed by atoms with Crippen molar-refractivity contribution in [2.24, 2.45) is 14.1 Å². The van der Waals surface area contributed by atoms with Crippen molar-refractivity contribution in [2.45, 2.75) is 19.8 Å². The van der Waals surface area contributed by atoms with Crippen LogP contribution in [0.5, 0.6) is 5.75 Å². The highest BCUT2D eigenvalue weighted by Crippen LogP contribution is 2.37. The van der Waals surface area contributed by atoms with Gasteiger partial charge in [-0.2, -0.15) is 4.68 Å². The van der Waals surface area contributed by atoms with Crippen molar-refractivity contribution in [2.75, 3.05) is 13.7 Å². The maximum absolute atomic E-state index is 9.22. The summed E-state index contributed by atoms with van der Waals surface area (Å²) in [7, 11) is 0.565. The fourth-order valence-electron chi connectivity index (χ4n) is 2.99. The van der Waals surface area contributed by atoms with Gasteiger partial charge >= 0.3 is 0 Å². The zero-order chi connectivity index (χ0) is 22.1. The number of rotatable bonds is 7. The first-order chi connectivity index (χ1) is 14.3. The van der Waals surface area contributed by atoms with Crippen molar-refractivity contribution < 1.29 is 26.6 Å². The topological polar surface area (TPSA) is 84.5 Å². The molecule has 162 valence electrons. The minimum Gasteiger partial charge on any atom is -0.726 e. The molecule has 0 aliphatic rings. The Balaban J connectivity index is 0.000000469. The van der Waals surface area contributed by atoms with E-state index in [9.17, 15) is 13.0 Å². The third-order valence-corrected chi connectivity index (χ3v) is 4.98. The van der Waals surface area contributed by atoms with Crippen LogP contribution >= 0.6 is 0 Å². The number of unbranched alkanes of at least 4 members (excludes halogenated alkanes) is 1. The minimum atomic E-state index is -4.41. The van der Waals surface area contributed by atoms with Gasteiger partial charge in [0.1, 0.15) is 0 Å². The first-order valence-electron chi connectivity index (χ1n) is 9.64. The van der Waals surface area contributed by atoms with Gasteiger partial charge in [-0.1, -0.05) is 61.9 Å². The molecule has 0 N–H and O–H groups in total. The van der Waals surface area contributed by atoms with Gasteiger partial charge in [0.15, 0.2) is 12.7 Å². The van der Waals surface area contributed by atoms with Crippen LogP contribution in [0.3, 0.4) is 0 Å². The van der Waals surface area contributed by atoms with Crippen LogP contribution in [-0.4, -0.2) is 31.4 Å². The Labute approximate surface area is 178 Å². The molecule has 3 aromatic rings. The molecule has 8 heteroatoms. The van der Waals surface area contributed by atoms with Crippen molar-refractivity contribution >= 4 is 10.4 Å². The fraction of sp³-hybridized carbons (Fsp3) is 0.318. The number of hydrogen-bond donors (Lipinski definition) is 0. The van der Waals surface area contributed by atoms with Crippen LogP contribution in [0.15, 0.2) is 60.7 Å². The summed E-state index contributed by atoms with van der Waals surface area (Å²) in [5, 5.41) is 0. The number of aromatic nitrogens is 2. The summed E-state index contributed by atoms with van der Waals surface area (Å²) in [6, 6.07) is 20.9. The Hall–Kier alpha value is -2.68. The van der Waals surface area contributed by atoms with Crippen molar-refractivity contribution in [1.29, 1.82) is 0 Å². The van der Waals surface area contributed by atoms with Gasteiger partial charge in [0.25, 0.3) is 5.69 Å². The van der Waals surface area contributed by atoms with Crippen LogP contribution in [0.2, 0.25) is 0 Å². The van der Waals surface area contributed by atoms with Crippen LogP contribution in [-0.2, 0) is 28.7 Å². The van der Waals surface area contributed by atoms with Crippen LogP contribution < -0.4 is 9.42 Å². The lowest BCUT2D eigenvalue weighted by molar-refractivity contribution is -0.740. The Morgan fingerprint density at radius 1 is 1.00 bits per heavy atom. The Bertz CT molecular complexity index is 969. The van der Waals surface area contributed by atoms with E-state index in [0.717, 1.165) is 43.7 Å². The lowest BCUT2D eigenvalue weighted by atomic mass is 10.1. The van der Waals surface area contributed by atoms with Crippen LogP contribution in [0.25, 0.3) is 22.5 Å². The monoisotopic (exact) mass is 432 g/mol. The Morgan fingerprint density at radius 2 is 1.50 bits per heavy atom. The molecule has 0 bridgehead atoms. The van der Waals surface area contributed by atoms with E-state index in [1.165, 1.54) is 11.1 Å². The first kappa shape index (κ1) is 23.6. The second-order valence-electron chi connectivity index (χ2n) is 6.58. The molecular formula is C22H28N2O5S. The normalized spacial score (nSPS) is 11.0. The average Bonchev–Trinajstić information content (AvgIpc) is 2.99. The highest BCUT2D eigenvalue weighted by atomic mass is 32.3. The van der Waals surface area contributed by atoms with Gasteiger partial charge in [0.05, 0.1) is 26.3 Å². The van der Waals surface area contributed by atoms with Gasteiger partial charge in [-0.3, -0.25) is 4.18 Å². The van der Waals surface area contributed by atoms with Crippen molar-refractivity contribution in [3.8, 4) is 28.3 Å². The predicted molar refractivity (Wildman–Crippen MR) is 115 cm³/mol. The molecule has 0 saturated carbocycles. The summed E-state index contributed by atoms with van der Waals surface area (Å²) in [6.07, 6.45) is 2.18. The third-order valence-electron chi connectivity index (χ3n) is 4.57. The molecule has 0 spiro atoms. The second kappa shape index (κ2) is 10.9. The van der Waals surface area contributed by atoms with Gasteiger partial charge in [0.2, 0.25) is 16.1 Å². The summed E-state index contributed by atoms with van der Waals surface area (Å²) in [5.74, 6) is 0.964. The Kier molecular flexibility index (Phi) is 8.58. The van der Waals surface area contributed by atoms with E-state index in [1.807, 2.05) is 12.1 Å². The molecule has 0 amide bonds. The summed E-state index contributed by atoms with van der Waals surface area (Å²) in [4.78, 5) is 0. The van der Waals surface area contributed by atoms with Crippen LogP contribution in [0, 0.1) is 0 Å². The summed E-state index contributed by atoms with van der Waals surface area (Å²) < 4.78 is 41.6. The molecular weight excluding hydrogens is 404 g/mol. The van der Waals surface area contributed by atoms with E-state index < -0.39 is 10.4 Å². The van der Waals surface area contributed by atoms with E-state index in [4.69, 9.17) is 4.74 Å². The van der Waals surface area contributed by atoms with Gasteiger partial charge in [-0.25, -0.2) is 8.42 Å². The first-order valence-corrected chi connectivity index (χ1v) is 11.0. The van der Waals surface area contributed by atoms with Crippen molar-refractivity contribution in [1.82, 2.24) is 4.68 Å². The highest BCUT2D eigenvalue weighted by Gasteiger charge is 2.29. The Morgan fingerprint density at radius 3 is 1.97 bits per heavy atom. The molecule has 2 aromatic carbocycles. The molecule has 0 saturated heterocycles. The smallest absolute Gasteiger partial charge is 0.280 e. The van der Waals surface area contributed by atoms with Gasteiger partial charge < -0.3 is 9.29 Å². The number of nitrogens with zero attached hydrogens (tertiary/aromatic N) is 2. The van der Waals surface area contributed by atoms with E-state index in [0.29, 0.717) is 0 Å². The molecule has 7 nitrogen and oxygen atoms in total.